The monoisotopic (exact) mass is 304 g/mol. The van der Waals surface area contributed by atoms with Gasteiger partial charge in [-0.05, 0) is 37.1 Å². The molecule has 0 aliphatic carbocycles. The van der Waals surface area contributed by atoms with Gasteiger partial charge in [0, 0.05) is 31.4 Å². The number of nitrogens with zero attached hydrogens (tertiary/aromatic N) is 2. The second-order valence-corrected chi connectivity index (χ2v) is 5.41. The molecule has 1 amide bonds. The van der Waals surface area contributed by atoms with Crippen molar-refractivity contribution in [2.75, 3.05) is 23.7 Å². The highest BCUT2D eigenvalue weighted by atomic mass is 16.1. The van der Waals surface area contributed by atoms with E-state index < -0.39 is 6.29 Å². The zero-order valence-electron chi connectivity index (χ0n) is 12.9. The first-order chi connectivity index (χ1) is 10.5. The molecule has 0 radical (unpaired) electrons. The van der Waals surface area contributed by atoms with Crippen LogP contribution in [0.2, 0.25) is 0 Å². The number of rotatable bonds is 4. The van der Waals surface area contributed by atoms with Crippen molar-refractivity contribution in [3.63, 3.8) is 0 Å². The minimum Gasteiger partial charge on any atom is -0.370 e. The summed E-state index contributed by atoms with van der Waals surface area (Å²) in [5, 5.41) is 5.71. The van der Waals surface area contributed by atoms with Gasteiger partial charge in [-0.1, -0.05) is 6.42 Å². The topological polar surface area (TPSA) is 109 Å². The lowest BCUT2D eigenvalue weighted by Crippen LogP contribution is -2.45. The van der Waals surface area contributed by atoms with Gasteiger partial charge in [-0.25, -0.2) is 4.99 Å². The molecule has 0 aromatic heterocycles. The lowest BCUT2D eigenvalue weighted by Gasteiger charge is -2.29. The Labute approximate surface area is 130 Å². The van der Waals surface area contributed by atoms with E-state index in [4.69, 9.17) is 11.5 Å². The number of nitrogens with two attached hydrogens (primary N) is 2. The van der Waals surface area contributed by atoms with Crippen LogP contribution in [0.3, 0.4) is 0 Å². The molecule has 2 rings (SSSR count). The van der Waals surface area contributed by atoms with Crippen molar-refractivity contribution < 1.29 is 4.79 Å². The zero-order chi connectivity index (χ0) is 15.9. The van der Waals surface area contributed by atoms with Crippen molar-refractivity contribution in [2.24, 2.45) is 16.5 Å². The summed E-state index contributed by atoms with van der Waals surface area (Å²) >= 11 is 0. The van der Waals surface area contributed by atoms with Crippen molar-refractivity contribution in [1.29, 1.82) is 0 Å². The fraction of sp³-hybridized carbons (Fsp3) is 0.467. The minimum absolute atomic E-state index is 0.103. The molecule has 7 nitrogen and oxygen atoms in total. The lowest BCUT2D eigenvalue weighted by atomic mass is 10.1. The molecular weight excluding hydrogens is 280 g/mol. The van der Waals surface area contributed by atoms with Crippen LogP contribution >= 0.6 is 0 Å². The maximum Gasteiger partial charge on any atom is 0.221 e. The number of anilines is 2. The molecule has 1 aliphatic rings. The molecule has 22 heavy (non-hydrogen) atoms. The number of aliphatic imine (C=N–C) groups is 1. The Morgan fingerprint density at radius 1 is 1.14 bits per heavy atom. The molecule has 1 unspecified atom stereocenters. The first kappa shape index (κ1) is 16.3. The predicted octanol–water partition coefficient (Wildman–Crippen LogP) is 1.10. The standard InChI is InChI=1S/C15H24N6O/c1-11(22)18-12-5-7-13(8-6-12)19-14(16)20-15(17)21-9-3-2-4-10-21/h5-8,15H,2-4,9-10,17H2,1H3,(H,18,22)(H3,16,19,20). The van der Waals surface area contributed by atoms with Crippen LogP contribution in [0, 0.1) is 0 Å². The van der Waals surface area contributed by atoms with Gasteiger partial charge in [0.2, 0.25) is 5.91 Å². The summed E-state index contributed by atoms with van der Waals surface area (Å²) in [4.78, 5) is 17.4. The van der Waals surface area contributed by atoms with Crippen LogP contribution in [0.4, 0.5) is 11.4 Å². The third kappa shape index (κ3) is 5.01. The Morgan fingerprint density at radius 2 is 1.68 bits per heavy atom. The van der Waals surface area contributed by atoms with Gasteiger partial charge in [0.15, 0.2) is 12.2 Å². The summed E-state index contributed by atoms with van der Waals surface area (Å²) in [6.07, 6.45) is 3.15. The highest BCUT2D eigenvalue weighted by molar-refractivity contribution is 5.93. The van der Waals surface area contributed by atoms with Gasteiger partial charge in [0.05, 0.1) is 0 Å². The van der Waals surface area contributed by atoms with E-state index in [1.807, 2.05) is 12.1 Å². The zero-order valence-corrected chi connectivity index (χ0v) is 12.9. The van der Waals surface area contributed by atoms with E-state index in [0.29, 0.717) is 0 Å². The molecule has 1 saturated heterocycles. The number of guanidine groups is 1. The van der Waals surface area contributed by atoms with Gasteiger partial charge in [-0.15, -0.1) is 0 Å². The maximum absolute atomic E-state index is 11.0. The first-order valence-corrected chi connectivity index (χ1v) is 7.52. The largest absolute Gasteiger partial charge is 0.370 e. The second kappa shape index (κ2) is 7.77. The van der Waals surface area contributed by atoms with Crippen LogP contribution in [-0.4, -0.2) is 36.1 Å². The number of carbonyl (C=O) groups is 1. The van der Waals surface area contributed by atoms with E-state index in [1.165, 1.54) is 13.3 Å². The quantitative estimate of drug-likeness (QED) is 0.492. The van der Waals surface area contributed by atoms with E-state index >= 15 is 0 Å². The number of hydrogen-bond donors (Lipinski definition) is 4. The molecule has 1 fully saturated rings. The van der Waals surface area contributed by atoms with E-state index in [9.17, 15) is 4.79 Å². The Kier molecular flexibility index (Phi) is 5.74. The van der Waals surface area contributed by atoms with Crippen LogP contribution in [0.1, 0.15) is 26.2 Å². The molecule has 1 aromatic carbocycles. The second-order valence-electron chi connectivity index (χ2n) is 5.41. The molecule has 1 atom stereocenters. The van der Waals surface area contributed by atoms with Gasteiger partial charge in [0.25, 0.3) is 0 Å². The molecule has 0 bridgehead atoms. The number of hydrogen-bond acceptors (Lipinski definition) is 4. The Hall–Kier alpha value is -2.12. The summed E-state index contributed by atoms with van der Waals surface area (Å²) < 4.78 is 0. The van der Waals surface area contributed by atoms with Crippen LogP contribution in [-0.2, 0) is 4.79 Å². The molecule has 1 aromatic rings. The summed E-state index contributed by atoms with van der Waals surface area (Å²) in [6.45, 7) is 3.39. The fourth-order valence-corrected chi connectivity index (χ4v) is 2.43. The highest BCUT2D eigenvalue weighted by Crippen LogP contribution is 2.14. The first-order valence-electron chi connectivity index (χ1n) is 7.52. The number of carbonyl (C=O) groups excluding carboxylic acids is 1. The van der Waals surface area contributed by atoms with E-state index in [2.05, 4.69) is 20.5 Å². The van der Waals surface area contributed by atoms with Gasteiger partial charge >= 0.3 is 0 Å². The Balaban J connectivity index is 1.91. The van der Waals surface area contributed by atoms with E-state index in [1.54, 1.807) is 12.1 Å². The summed E-state index contributed by atoms with van der Waals surface area (Å²) in [6, 6.07) is 7.23. The molecule has 7 heteroatoms. The Morgan fingerprint density at radius 3 is 2.23 bits per heavy atom. The number of piperidine rings is 1. The van der Waals surface area contributed by atoms with E-state index in [-0.39, 0.29) is 11.9 Å². The average molecular weight is 304 g/mol. The molecular formula is C15H24N6O. The normalized spacial score (nSPS) is 17.8. The molecule has 6 N–H and O–H groups in total. The SMILES string of the molecule is CC(=O)Nc1ccc(N/C(N)=N/C(N)N2CCCCC2)cc1. The maximum atomic E-state index is 11.0. The van der Waals surface area contributed by atoms with Crippen molar-refractivity contribution in [3.8, 4) is 0 Å². The smallest absolute Gasteiger partial charge is 0.221 e. The molecule has 1 aliphatic heterocycles. The van der Waals surface area contributed by atoms with Crippen LogP contribution in [0.5, 0.6) is 0 Å². The number of likely N-dealkylation sites (tertiary alicyclic amines) is 1. The average Bonchev–Trinajstić information content (AvgIpc) is 2.49. The van der Waals surface area contributed by atoms with Crippen molar-refractivity contribution in [3.05, 3.63) is 24.3 Å². The third-order valence-electron chi connectivity index (χ3n) is 3.51. The minimum atomic E-state index is -0.411. The lowest BCUT2D eigenvalue weighted by molar-refractivity contribution is -0.114. The molecule has 1 heterocycles. The van der Waals surface area contributed by atoms with Gasteiger partial charge in [-0.3, -0.25) is 15.4 Å². The van der Waals surface area contributed by atoms with Crippen LogP contribution in [0.15, 0.2) is 29.3 Å². The Bertz CT molecular complexity index is 521. The molecule has 120 valence electrons. The fourth-order valence-electron chi connectivity index (χ4n) is 2.43. The van der Waals surface area contributed by atoms with Gasteiger partial charge in [-0.2, -0.15) is 0 Å². The number of nitrogens with one attached hydrogen (secondary N) is 2. The molecule has 0 spiro atoms. The van der Waals surface area contributed by atoms with Crippen molar-refractivity contribution in [1.82, 2.24) is 4.90 Å². The summed E-state index contributed by atoms with van der Waals surface area (Å²) in [5.74, 6) is 0.180. The van der Waals surface area contributed by atoms with Crippen LogP contribution < -0.4 is 22.1 Å². The predicted molar refractivity (Wildman–Crippen MR) is 89.4 cm³/mol. The van der Waals surface area contributed by atoms with Gasteiger partial charge in [0.1, 0.15) is 0 Å². The number of benzene rings is 1. The summed E-state index contributed by atoms with van der Waals surface area (Å²) in [7, 11) is 0. The van der Waals surface area contributed by atoms with E-state index in [0.717, 1.165) is 37.3 Å². The highest BCUT2D eigenvalue weighted by Gasteiger charge is 2.16. The number of amides is 1. The third-order valence-corrected chi connectivity index (χ3v) is 3.51. The molecule has 0 saturated carbocycles. The van der Waals surface area contributed by atoms with Gasteiger partial charge < -0.3 is 16.4 Å². The summed E-state index contributed by atoms with van der Waals surface area (Å²) in [5.41, 5.74) is 13.5. The van der Waals surface area contributed by atoms with Crippen LogP contribution in [0.25, 0.3) is 0 Å². The van der Waals surface area contributed by atoms with Crippen molar-refractivity contribution >= 4 is 23.2 Å². The van der Waals surface area contributed by atoms with Crippen molar-refractivity contribution in [2.45, 2.75) is 32.5 Å².